The first-order valence-electron chi connectivity index (χ1n) is 7.49. The van der Waals surface area contributed by atoms with E-state index >= 15 is 0 Å². The number of hydrogen-bond donors (Lipinski definition) is 1. The van der Waals surface area contributed by atoms with Crippen molar-refractivity contribution in [3.63, 3.8) is 0 Å². The van der Waals surface area contributed by atoms with E-state index < -0.39 is 47.3 Å². The lowest BCUT2D eigenvalue weighted by Gasteiger charge is -2.33. The molecule has 0 aromatic carbocycles. The Balaban J connectivity index is 2.86. The molecule has 0 radical (unpaired) electrons. The summed E-state index contributed by atoms with van der Waals surface area (Å²) in [6.07, 6.45) is -3.02. The third-order valence-corrected chi connectivity index (χ3v) is 3.17. The maximum Gasteiger partial charge on any atom is 0.509 e. The van der Waals surface area contributed by atoms with Gasteiger partial charge in [-0.1, -0.05) is 0 Å². The highest BCUT2D eigenvalue weighted by Gasteiger charge is 2.52. The van der Waals surface area contributed by atoms with Crippen molar-refractivity contribution in [3.05, 3.63) is 0 Å². The Hall–Kier alpha value is -2.65. The van der Waals surface area contributed by atoms with Crippen LogP contribution in [0, 0.1) is 0 Å². The second kappa shape index (κ2) is 7.08. The molecule has 10 nitrogen and oxygen atoms in total. The van der Waals surface area contributed by atoms with Gasteiger partial charge in [-0.15, -0.1) is 0 Å². The molecule has 1 rings (SSSR count). The van der Waals surface area contributed by atoms with Crippen molar-refractivity contribution in [1.82, 2.24) is 4.90 Å². The monoisotopic (exact) mass is 359 g/mol. The molecule has 2 atom stereocenters. The topological polar surface area (TPSA) is 137 Å². The molecule has 140 valence electrons. The number of nitrogens with zero attached hydrogens (tertiary/aromatic N) is 1. The molecule has 0 aliphatic carbocycles. The van der Waals surface area contributed by atoms with Gasteiger partial charge >= 0.3 is 18.1 Å². The van der Waals surface area contributed by atoms with E-state index in [0.29, 0.717) is 4.90 Å². The molecule has 1 saturated heterocycles. The Morgan fingerprint density at radius 2 is 1.52 bits per heavy atom. The molecular weight excluding hydrogens is 338 g/mol. The number of carbonyl (C=O) groups excluding carboxylic acids is 4. The second-order valence-electron chi connectivity index (χ2n) is 6.56. The zero-order valence-corrected chi connectivity index (χ0v) is 14.7. The fraction of sp³-hybridized carbons (Fsp3) is 0.667. The third-order valence-electron chi connectivity index (χ3n) is 3.17. The molecule has 2 amide bonds. The van der Waals surface area contributed by atoms with E-state index in [0.717, 1.165) is 13.8 Å². The second-order valence-corrected chi connectivity index (χ2v) is 6.56. The Labute approximate surface area is 144 Å². The van der Waals surface area contributed by atoms with E-state index in [2.05, 4.69) is 0 Å². The molecule has 1 heterocycles. The zero-order chi connectivity index (χ0) is 19.6. The summed E-state index contributed by atoms with van der Waals surface area (Å²) in [6.45, 7) is 6.80. The van der Waals surface area contributed by atoms with Crippen LogP contribution in [-0.4, -0.2) is 57.3 Å². The minimum absolute atomic E-state index is 0.177. The minimum atomic E-state index is -2.53. The summed E-state index contributed by atoms with van der Waals surface area (Å²) >= 11 is 0. The van der Waals surface area contributed by atoms with E-state index in [1.54, 1.807) is 20.8 Å². The van der Waals surface area contributed by atoms with Gasteiger partial charge in [0.15, 0.2) is 6.10 Å². The van der Waals surface area contributed by atoms with Gasteiger partial charge in [0.25, 0.3) is 5.72 Å². The molecule has 1 N–H and O–H groups in total. The summed E-state index contributed by atoms with van der Waals surface area (Å²) < 4.78 is 14.4. The van der Waals surface area contributed by atoms with E-state index in [1.807, 2.05) is 0 Å². The summed E-state index contributed by atoms with van der Waals surface area (Å²) in [7, 11) is 0. The van der Waals surface area contributed by atoms with Crippen molar-refractivity contribution in [2.75, 3.05) is 0 Å². The number of carbonyl (C=O) groups is 5. The molecule has 10 heteroatoms. The van der Waals surface area contributed by atoms with Crippen LogP contribution in [0.25, 0.3) is 0 Å². The molecule has 25 heavy (non-hydrogen) atoms. The lowest BCUT2D eigenvalue weighted by Crippen LogP contribution is -2.58. The van der Waals surface area contributed by atoms with Crippen LogP contribution in [0.1, 0.15) is 47.5 Å². The van der Waals surface area contributed by atoms with Crippen LogP contribution >= 0.6 is 0 Å². The highest BCUT2D eigenvalue weighted by Crippen LogP contribution is 2.26. The summed E-state index contributed by atoms with van der Waals surface area (Å²) in [6, 6.07) is 0. The smallest absolute Gasteiger partial charge is 0.477 e. The molecule has 1 aliphatic heterocycles. The predicted molar refractivity (Wildman–Crippen MR) is 80.0 cm³/mol. The quantitative estimate of drug-likeness (QED) is 0.558. The average Bonchev–Trinajstić information content (AvgIpc) is 2.75. The fourth-order valence-corrected chi connectivity index (χ4v) is 1.98. The van der Waals surface area contributed by atoms with Crippen molar-refractivity contribution >= 4 is 29.9 Å². The molecule has 0 spiro atoms. The molecule has 0 saturated carbocycles. The van der Waals surface area contributed by atoms with Gasteiger partial charge in [-0.25, -0.2) is 19.3 Å². The van der Waals surface area contributed by atoms with Gasteiger partial charge in [-0.2, -0.15) is 0 Å². The van der Waals surface area contributed by atoms with Crippen LogP contribution in [0.2, 0.25) is 0 Å². The first kappa shape index (κ1) is 20.4. The van der Waals surface area contributed by atoms with Crippen LogP contribution in [0.15, 0.2) is 0 Å². The van der Waals surface area contributed by atoms with Crippen LogP contribution in [-0.2, 0) is 33.4 Å². The van der Waals surface area contributed by atoms with E-state index in [4.69, 9.17) is 14.2 Å². The number of imide groups is 1. The van der Waals surface area contributed by atoms with Crippen LogP contribution in [0.5, 0.6) is 0 Å². The Kier molecular flexibility index (Phi) is 5.77. The van der Waals surface area contributed by atoms with E-state index in [1.165, 1.54) is 0 Å². The van der Waals surface area contributed by atoms with Gasteiger partial charge in [0, 0.05) is 19.8 Å². The first-order chi connectivity index (χ1) is 11.3. The molecule has 1 unspecified atom stereocenters. The third kappa shape index (κ3) is 4.91. The normalized spacial score (nSPS) is 18.4. The predicted octanol–water partition coefficient (Wildman–Crippen LogP) is 0.820. The number of esters is 1. The largest absolute Gasteiger partial charge is 0.509 e. The molecule has 0 aromatic rings. The van der Waals surface area contributed by atoms with Gasteiger partial charge in [-0.3, -0.25) is 9.59 Å². The van der Waals surface area contributed by atoms with Gasteiger partial charge < -0.3 is 19.3 Å². The van der Waals surface area contributed by atoms with Crippen molar-refractivity contribution in [2.45, 2.75) is 64.9 Å². The van der Waals surface area contributed by atoms with Crippen molar-refractivity contribution in [3.8, 4) is 0 Å². The van der Waals surface area contributed by atoms with Crippen LogP contribution in [0.4, 0.5) is 4.79 Å². The summed E-state index contributed by atoms with van der Waals surface area (Å²) in [5.74, 6) is -4.51. The lowest BCUT2D eigenvalue weighted by molar-refractivity contribution is -0.206. The van der Waals surface area contributed by atoms with E-state index in [9.17, 15) is 29.1 Å². The van der Waals surface area contributed by atoms with Crippen molar-refractivity contribution < 1.29 is 43.3 Å². The fourth-order valence-electron chi connectivity index (χ4n) is 1.98. The van der Waals surface area contributed by atoms with E-state index in [-0.39, 0.29) is 12.8 Å². The Morgan fingerprint density at radius 3 is 1.92 bits per heavy atom. The minimum Gasteiger partial charge on any atom is -0.477 e. The summed E-state index contributed by atoms with van der Waals surface area (Å²) in [5, 5.41) is 9.34. The average molecular weight is 359 g/mol. The number of aliphatic carboxylic acids is 1. The number of carboxylic acids is 1. The van der Waals surface area contributed by atoms with Gasteiger partial charge in [0.2, 0.25) is 11.8 Å². The zero-order valence-electron chi connectivity index (χ0n) is 14.7. The maximum atomic E-state index is 12.1. The van der Waals surface area contributed by atoms with Crippen LogP contribution < -0.4 is 0 Å². The maximum absolute atomic E-state index is 12.1. The highest BCUT2D eigenvalue weighted by atomic mass is 16.7. The van der Waals surface area contributed by atoms with Crippen LogP contribution in [0.3, 0.4) is 0 Å². The standard InChI is InChI=1S/C15H21NO9/c1-8(23-13(22)25-14(2,3)4)11(19)24-15(5,12(20)21)16-9(17)6-7-10(16)18/h8H,6-7H2,1-5H3,(H,20,21)/t8?,15-/m0/s1. The van der Waals surface area contributed by atoms with Gasteiger partial charge in [0.1, 0.15) is 5.60 Å². The number of likely N-dealkylation sites (tertiary alicyclic amines) is 1. The van der Waals surface area contributed by atoms with Gasteiger partial charge in [-0.05, 0) is 27.7 Å². The molecule has 0 aromatic heterocycles. The first-order valence-corrected chi connectivity index (χ1v) is 7.49. The number of rotatable bonds is 5. The number of carboxylic acid groups (broad SMARTS) is 1. The Morgan fingerprint density at radius 1 is 1.04 bits per heavy atom. The lowest BCUT2D eigenvalue weighted by atomic mass is 10.2. The molecule has 1 fully saturated rings. The van der Waals surface area contributed by atoms with Crippen molar-refractivity contribution in [1.29, 1.82) is 0 Å². The Bertz CT molecular complexity index is 591. The molecular formula is C15H21NO9. The van der Waals surface area contributed by atoms with Gasteiger partial charge in [0.05, 0.1) is 0 Å². The molecule has 0 bridgehead atoms. The highest BCUT2D eigenvalue weighted by molar-refractivity contribution is 6.06. The number of hydrogen-bond acceptors (Lipinski definition) is 8. The summed E-state index contributed by atoms with van der Waals surface area (Å²) in [4.78, 5) is 59.0. The van der Waals surface area contributed by atoms with Crippen molar-refractivity contribution in [2.24, 2.45) is 0 Å². The summed E-state index contributed by atoms with van der Waals surface area (Å²) in [5.41, 5.74) is -3.39. The number of ether oxygens (including phenoxy) is 3. The SMILES string of the molecule is CC(OC(=O)OC(C)(C)C)C(=O)O[C@@](C)(C(=O)O)N1C(=O)CCC1=O. The molecule has 1 aliphatic rings. The number of amides is 2.